The molecule has 2 heterocycles. The fourth-order valence-corrected chi connectivity index (χ4v) is 4.00. The van der Waals surface area contributed by atoms with E-state index in [1.807, 2.05) is 24.3 Å². The summed E-state index contributed by atoms with van der Waals surface area (Å²) >= 11 is 0. The number of Topliss-reactive ketones (excluding diaryl/α,β-unsaturated/α-hetero) is 1. The second-order valence-electron chi connectivity index (χ2n) is 6.29. The first-order valence-corrected chi connectivity index (χ1v) is 9.94. The fraction of sp³-hybridized carbons (Fsp3) is 0.412. The minimum absolute atomic E-state index is 0.0378. The molecular formula is C17H21N3O4S. The number of ketones is 1. The summed E-state index contributed by atoms with van der Waals surface area (Å²) in [5.41, 5.74) is 1.45. The van der Waals surface area contributed by atoms with E-state index in [9.17, 15) is 18.0 Å². The number of fused-ring (bicyclic) bond motifs is 1. The standard InChI is InChI=1S/C17H21N3O4S/c1-13(21)15-11-19(16-6-4-3-5-14(15)16)12-17(22)18-7-9-20(10-8-18)25(2,23)24/h3-6,11H,7-10,12H2,1-2H3. The number of piperazine rings is 1. The Morgan fingerprint density at radius 3 is 2.32 bits per heavy atom. The molecule has 1 amide bonds. The highest BCUT2D eigenvalue weighted by atomic mass is 32.2. The Hall–Kier alpha value is -2.19. The van der Waals surface area contributed by atoms with Crippen LogP contribution in [0, 0.1) is 0 Å². The van der Waals surface area contributed by atoms with Crippen LogP contribution in [0.15, 0.2) is 30.5 Å². The van der Waals surface area contributed by atoms with E-state index >= 15 is 0 Å². The van der Waals surface area contributed by atoms with Gasteiger partial charge in [0.25, 0.3) is 0 Å². The quantitative estimate of drug-likeness (QED) is 0.758. The van der Waals surface area contributed by atoms with Crippen LogP contribution in [-0.2, 0) is 21.4 Å². The van der Waals surface area contributed by atoms with Crippen LogP contribution in [-0.4, -0.2) is 66.3 Å². The summed E-state index contributed by atoms with van der Waals surface area (Å²) in [5.74, 6) is -0.117. The van der Waals surface area contributed by atoms with Crippen LogP contribution in [0.3, 0.4) is 0 Å². The van der Waals surface area contributed by atoms with E-state index in [2.05, 4.69) is 0 Å². The van der Waals surface area contributed by atoms with Crippen molar-refractivity contribution in [1.29, 1.82) is 0 Å². The highest BCUT2D eigenvalue weighted by molar-refractivity contribution is 7.88. The Balaban J connectivity index is 1.76. The van der Waals surface area contributed by atoms with Crippen LogP contribution in [0.5, 0.6) is 0 Å². The summed E-state index contributed by atoms with van der Waals surface area (Å²) in [6.45, 7) is 3.03. The SMILES string of the molecule is CC(=O)c1cn(CC(=O)N2CCN(S(C)(=O)=O)CC2)c2ccccc12. The number of nitrogens with zero attached hydrogens (tertiary/aromatic N) is 3. The van der Waals surface area contributed by atoms with Crippen molar-refractivity contribution in [2.24, 2.45) is 0 Å². The molecule has 0 radical (unpaired) electrons. The van der Waals surface area contributed by atoms with Crippen molar-refractivity contribution < 1.29 is 18.0 Å². The van der Waals surface area contributed by atoms with Gasteiger partial charge in [-0.1, -0.05) is 18.2 Å². The highest BCUT2D eigenvalue weighted by Crippen LogP contribution is 2.22. The third-order valence-electron chi connectivity index (χ3n) is 4.53. The maximum absolute atomic E-state index is 12.6. The fourth-order valence-electron chi connectivity index (χ4n) is 3.17. The lowest BCUT2D eigenvalue weighted by atomic mass is 10.1. The van der Waals surface area contributed by atoms with Gasteiger partial charge in [0.1, 0.15) is 6.54 Å². The zero-order chi connectivity index (χ0) is 18.2. The van der Waals surface area contributed by atoms with E-state index in [1.54, 1.807) is 15.7 Å². The van der Waals surface area contributed by atoms with Crippen LogP contribution < -0.4 is 0 Å². The first-order valence-electron chi connectivity index (χ1n) is 8.09. The van der Waals surface area contributed by atoms with E-state index in [0.29, 0.717) is 31.7 Å². The first kappa shape index (κ1) is 17.6. The van der Waals surface area contributed by atoms with Crippen LogP contribution in [0.2, 0.25) is 0 Å². The maximum Gasteiger partial charge on any atom is 0.242 e. The van der Waals surface area contributed by atoms with Crippen LogP contribution >= 0.6 is 0 Å². The number of hydrogen-bond acceptors (Lipinski definition) is 4. The molecule has 0 unspecified atom stereocenters. The Morgan fingerprint density at radius 2 is 1.72 bits per heavy atom. The molecule has 2 aromatic rings. The second kappa shape index (κ2) is 6.61. The maximum atomic E-state index is 12.6. The van der Waals surface area contributed by atoms with E-state index in [-0.39, 0.29) is 18.2 Å². The van der Waals surface area contributed by atoms with Gasteiger partial charge in [-0.2, -0.15) is 4.31 Å². The van der Waals surface area contributed by atoms with Crippen molar-refractivity contribution in [3.8, 4) is 0 Å². The van der Waals surface area contributed by atoms with Crippen molar-refractivity contribution in [2.45, 2.75) is 13.5 Å². The van der Waals surface area contributed by atoms with Crippen LogP contribution in [0.25, 0.3) is 10.9 Å². The van der Waals surface area contributed by atoms with Crippen LogP contribution in [0.4, 0.5) is 0 Å². The summed E-state index contributed by atoms with van der Waals surface area (Å²) in [6, 6.07) is 7.50. The van der Waals surface area contributed by atoms with E-state index in [0.717, 1.165) is 10.9 Å². The monoisotopic (exact) mass is 363 g/mol. The van der Waals surface area contributed by atoms with Crippen molar-refractivity contribution >= 4 is 32.6 Å². The number of hydrogen-bond donors (Lipinski definition) is 0. The van der Waals surface area contributed by atoms with Gasteiger partial charge in [0.2, 0.25) is 15.9 Å². The van der Waals surface area contributed by atoms with Crippen molar-refractivity contribution in [3.05, 3.63) is 36.0 Å². The normalized spacial score (nSPS) is 16.3. The molecule has 0 N–H and O–H groups in total. The molecule has 0 atom stereocenters. The molecule has 1 aromatic heterocycles. The van der Waals surface area contributed by atoms with Gasteiger partial charge in [0.05, 0.1) is 6.26 Å². The minimum Gasteiger partial charge on any atom is -0.339 e. The van der Waals surface area contributed by atoms with Crippen LogP contribution in [0.1, 0.15) is 17.3 Å². The second-order valence-corrected chi connectivity index (χ2v) is 8.27. The zero-order valence-electron chi connectivity index (χ0n) is 14.3. The van der Waals surface area contributed by atoms with Gasteiger partial charge in [-0.3, -0.25) is 9.59 Å². The molecule has 0 aliphatic carbocycles. The molecule has 0 saturated carbocycles. The average molecular weight is 363 g/mol. The molecule has 7 nitrogen and oxygen atoms in total. The number of amides is 1. The summed E-state index contributed by atoms with van der Waals surface area (Å²) in [5, 5.41) is 0.838. The molecule has 134 valence electrons. The molecule has 1 aromatic carbocycles. The molecule has 0 spiro atoms. The molecule has 0 bridgehead atoms. The Labute approximate surface area is 146 Å². The molecular weight excluding hydrogens is 342 g/mol. The number of para-hydroxylation sites is 1. The number of benzene rings is 1. The highest BCUT2D eigenvalue weighted by Gasteiger charge is 2.26. The molecule has 1 saturated heterocycles. The summed E-state index contributed by atoms with van der Waals surface area (Å²) in [6.07, 6.45) is 2.90. The predicted octanol–water partition coefficient (Wildman–Crippen LogP) is 0.948. The predicted molar refractivity (Wildman–Crippen MR) is 94.9 cm³/mol. The van der Waals surface area contributed by atoms with Gasteiger partial charge in [-0.05, 0) is 13.0 Å². The molecule has 3 rings (SSSR count). The topological polar surface area (TPSA) is 79.7 Å². The first-order chi connectivity index (χ1) is 11.8. The van der Waals surface area contributed by atoms with Crippen molar-refractivity contribution in [2.75, 3.05) is 32.4 Å². The Bertz CT molecular complexity index is 925. The largest absolute Gasteiger partial charge is 0.339 e. The summed E-state index contributed by atoms with van der Waals surface area (Å²) in [4.78, 5) is 26.1. The number of carbonyl (C=O) groups is 2. The molecule has 1 fully saturated rings. The lowest BCUT2D eigenvalue weighted by Crippen LogP contribution is -2.50. The zero-order valence-corrected chi connectivity index (χ0v) is 15.1. The average Bonchev–Trinajstić information content (AvgIpc) is 2.93. The van der Waals surface area contributed by atoms with Gasteiger partial charge < -0.3 is 9.47 Å². The number of sulfonamides is 1. The van der Waals surface area contributed by atoms with Crippen molar-refractivity contribution in [1.82, 2.24) is 13.8 Å². The lowest BCUT2D eigenvalue weighted by Gasteiger charge is -2.33. The number of rotatable bonds is 4. The van der Waals surface area contributed by atoms with Gasteiger partial charge in [-0.25, -0.2) is 8.42 Å². The number of aromatic nitrogens is 1. The summed E-state index contributed by atoms with van der Waals surface area (Å²) in [7, 11) is -3.22. The van der Waals surface area contributed by atoms with E-state index in [1.165, 1.54) is 17.5 Å². The van der Waals surface area contributed by atoms with E-state index in [4.69, 9.17) is 0 Å². The molecule has 1 aliphatic heterocycles. The molecule has 1 aliphatic rings. The van der Waals surface area contributed by atoms with Gasteiger partial charge in [-0.15, -0.1) is 0 Å². The Morgan fingerprint density at radius 1 is 1.08 bits per heavy atom. The number of carbonyl (C=O) groups excluding carboxylic acids is 2. The van der Waals surface area contributed by atoms with Gasteiger partial charge in [0, 0.05) is 48.8 Å². The third kappa shape index (κ3) is 3.59. The van der Waals surface area contributed by atoms with E-state index < -0.39 is 10.0 Å². The van der Waals surface area contributed by atoms with Gasteiger partial charge in [0.15, 0.2) is 5.78 Å². The third-order valence-corrected chi connectivity index (χ3v) is 5.84. The summed E-state index contributed by atoms with van der Waals surface area (Å²) < 4.78 is 26.3. The Kier molecular flexibility index (Phi) is 4.66. The minimum atomic E-state index is -3.22. The van der Waals surface area contributed by atoms with Gasteiger partial charge >= 0.3 is 0 Å². The molecule has 25 heavy (non-hydrogen) atoms. The lowest BCUT2D eigenvalue weighted by molar-refractivity contribution is -0.132. The smallest absolute Gasteiger partial charge is 0.242 e. The molecule has 8 heteroatoms. The van der Waals surface area contributed by atoms with Crippen molar-refractivity contribution in [3.63, 3.8) is 0 Å².